The number of aromatic nitrogens is 2. The van der Waals surface area contributed by atoms with E-state index in [-0.39, 0.29) is 5.91 Å². The van der Waals surface area contributed by atoms with E-state index in [0.29, 0.717) is 18.8 Å². The monoisotopic (exact) mass is 233 g/mol. The predicted octanol–water partition coefficient (Wildman–Crippen LogP) is 1.02. The molecule has 0 aromatic carbocycles. The van der Waals surface area contributed by atoms with Crippen LogP contribution in [0.1, 0.15) is 16.1 Å². The van der Waals surface area contributed by atoms with Gasteiger partial charge in [-0.1, -0.05) is 6.07 Å². The minimum absolute atomic E-state index is 0.176. The average Bonchev–Trinajstić information content (AvgIpc) is 2.75. The Balaban J connectivity index is 2.19. The molecule has 0 aliphatic rings. The van der Waals surface area contributed by atoms with Crippen molar-refractivity contribution in [2.45, 2.75) is 6.92 Å². The Morgan fingerprint density at radius 1 is 1.59 bits per heavy atom. The second kappa shape index (κ2) is 4.97. The molecule has 0 fully saturated rings. The van der Waals surface area contributed by atoms with Crippen molar-refractivity contribution >= 4 is 11.6 Å². The Hall–Kier alpha value is -1.88. The molecule has 5 heteroatoms. The average molecular weight is 233 g/mol. The zero-order valence-corrected chi connectivity index (χ0v) is 9.93. The Kier molecular flexibility index (Phi) is 3.39. The normalized spacial score (nSPS) is 10.7. The number of aryl methyl sites for hydroxylation is 1. The third kappa shape index (κ3) is 2.45. The van der Waals surface area contributed by atoms with E-state index in [1.807, 2.05) is 29.7 Å². The fourth-order valence-electron chi connectivity index (χ4n) is 1.62. The number of imidazole rings is 1. The van der Waals surface area contributed by atoms with Crippen LogP contribution in [0.15, 0.2) is 24.5 Å². The van der Waals surface area contributed by atoms with Crippen LogP contribution in [0.25, 0.3) is 5.65 Å². The number of rotatable bonds is 4. The number of pyridine rings is 1. The third-order valence-electron chi connectivity index (χ3n) is 2.50. The molecule has 0 saturated heterocycles. The van der Waals surface area contributed by atoms with Crippen LogP contribution in [0.5, 0.6) is 0 Å². The summed E-state index contributed by atoms with van der Waals surface area (Å²) in [5.41, 5.74) is 2.28. The fourth-order valence-corrected chi connectivity index (χ4v) is 1.62. The van der Waals surface area contributed by atoms with Crippen LogP contribution in [0.2, 0.25) is 0 Å². The van der Waals surface area contributed by atoms with Gasteiger partial charge in [0.2, 0.25) is 0 Å². The number of hydrogen-bond donors (Lipinski definition) is 1. The number of nitrogens with zero attached hydrogens (tertiary/aromatic N) is 2. The number of fused-ring (bicyclic) bond motifs is 1. The minimum atomic E-state index is -0.176. The summed E-state index contributed by atoms with van der Waals surface area (Å²) in [6.45, 7) is 2.95. The lowest BCUT2D eigenvalue weighted by Gasteiger charge is -2.00. The molecule has 2 aromatic heterocycles. The molecule has 0 bridgehead atoms. The lowest BCUT2D eigenvalue weighted by Crippen LogP contribution is -2.27. The topological polar surface area (TPSA) is 55.6 Å². The van der Waals surface area contributed by atoms with Crippen LogP contribution in [0.4, 0.5) is 0 Å². The third-order valence-corrected chi connectivity index (χ3v) is 2.50. The molecule has 0 atom stereocenters. The molecule has 2 rings (SSSR count). The number of methoxy groups -OCH3 is 1. The summed E-state index contributed by atoms with van der Waals surface area (Å²) >= 11 is 0. The summed E-state index contributed by atoms with van der Waals surface area (Å²) in [7, 11) is 1.60. The molecule has 1 amide bonds. The van der Waals surface area contributed by atoms with E-state index >= 15 is 0 Å². The summed E-state index contributed by atoms with van der Waals surface area (Å²) in [4.78, 5) is 16.1. The molecule has 0 aliphatic carbocycles. The van der Waals surface area contributed by atoms with Gasteiger partial charge in [-0.3, -0.25) is 4.79 Å². The number of carbonyl (C=O) groups excluding carboxylic acids is 1. The van der Waals surface area contributed by atoms with Gasteiger partial charge in [0.1, 0.15) is 11.3 Å². The van der Waals surface area contributed by atoms with Gasteiger partial charge in [-0.15, -0.1) is 0 Å². The molecule has 0 saturated carbocycles. The maximum absolute atomic E-state index is 11.8. The van der Waals surface area contributed by atoms with Crippen molar-refractivity contribution in [3.63, 3.8) is 0 Å². The molecule has 0 radical (unpaired) electrons. The molecule has 0 spiro atoms. The van der Waals surface area contributed by atoms with Crippen LogP contribution in [-0.2, 0) is 4.74 Å². The van der Waals surface area contributed by atoms with Gasteiger partial charge < -0.3 is 14.5 Å². The first-order chi connectivity index (χ1) is 8.22. The Bertz CT molecular complexity index is 534. The highest BCUT2D eigenvalue weighted by Crippen LogP contribution is 2.09. The van der Waals surface area contributed by atoms with Crippen molar-refractivity contribution in [1.29, 1.82) is 0 Å². The maximum atomic E-state index is 11.8. The lowest BCUT2D eigenvalue weighted by atomic mass is 10.3. The number of hydrogen-bond acceptors (Lipinski definition) is 3. The number of nitrogens with one attached hydrogen (secondary N) is 1. The van der Waals surface area contributed by atoms with E-state index in [0.717, 1.165) is 11.2 Å². The number of carbonyl (C=O) groups is 1. The molecule has 90 valence electrons. The highest BCUT2D eigenvalue weighted by molar-refractivity contribution is 5.92. The summed E-state index contributed by atoms with van der Waals surface area (Å²) in [5.74, 6) is -0.176. The van der Waals surface area contributed by atoms with E-state index < -0.39 is 0 Å². The van der Waals surface area contributed by atoms with Crippen molar-refractivity contribution in [1.82, 2.24) is 14.7 Å². The van der Waals surface area contributed by atoms with E-state index in [9.17, 15) is 4.79 Å². The quantitative estimate of drug-likeness (QED) is 0.802. The van der Waals surface area contributed by atoms with Crippen molar-refractivity contribution in [3.05, 3.63) is 35.8 Å². The van der Waals surface area contributed by atoms with Gasteiger partial charge in [0.15, 0.2) is 0 Å². The molecule has 17 heavy (non-hydrogen) atoms. The summed E-state index contributed by atoms with van der Waals surface area (Å²) in [6.07, 6.45) is 3.60. The van der Waals surface area contributed by atoms with Gasteiger partial charge in [-0.2, -0.15) is 0 Å². The summed E-state index contributed by atoms with van der Waals surface area (Å²) in [6, 6.07) is 3.89. The van der Waals surface area contributed by atoms with Gasteiger partial charge in [-0.05, 0) is 18.6 Å². The Morgan fingerprint density at radius 3 is 3.12 bits per heavy atom. The molecule has 0 aliphatic heterocycles. The van der Waals surface area contributed by atoms with Crippen molar-refractivity contribution in [2.75, 3.05) is 20.3 Å². The van der Waals surface area contributed by atoms with Crippen LogP contribution >= 0.6 is 0 Å². The van der Waals surface area contributed by atoms with Crippen LogP contribution in [-0.4, -0.2) is 35.6 Å². The van der Waals surface area contributed by atoms with Gasteiger partial charge in [-0.25, -0.2) is 4.98 Å². The van der Waals surface area contributed by atoms with Crippen molar-refractivity contribution in [2.24, 2.45) is 0 Å². The molecule has 2 aromatic rings. The van der Waals surface area contributed by atoms with Crippen LogP contribution < -0.4 is 5.32 Å². The zero-order valence-electron chi connectivity index (χ0n) is 9.93. The maximum Gasteiger partial charge on any atom is 0.271 e. The summed E-state index contributed by atoms with van der Waals surface area (Å²) in [5, 5.41) is 2.74. The largest absolute Gasteiger partial charge is 0.383 e. The highest BCUT2D eigenvalue weighted by atomic mass is 16.5. The first kappa shape index (κ1) is 11.6. The van der Waals surface area contributed by atoms with E-state index in [1.54, 1.807) is 13.3 Å². The SMILES string of the molecule is COCCNC(=O)c1cn2cccc(C)c2n1. The molecule has 1 N–H and O–H groups in total. The van der Waals surface area contributed by atoms with Crippen molar-refractivity contribution < 1.29 is 9.53 Å². The standard InChI is InChI=1S/C12H15N3O2/c1-9-4-3-6-15-8-10(14-11(9)15)12(16)13-5-7-17-2/h3-4,6,8H,5,7H2,1-2H3,(H,13,16). The van der Waals surface area contributed by atoms with Gasteiger partial charge in [0.05, 0.1) is 6.61 Å². The van der Waals surface area contributed by atoms with E-state index in [2.05, 4.69) is 10.3 Å². The molecule has 5 nitrogen and oxygen atoms in total. The predicted molar refractivity (Wildman–Crippen MR) is 64.1 cm³/mol. The Morgan fingerprint density at radius 2 is 2.41 bits per heavy atom. The van der Waals surface area contributed by atoms with Crippen LogP contribution in [0.3, 0.4) is 0 Å². The fraction of sp³-hybridized carbons (Fsp3) is 0.333. The molecular formula is C12H15N3O2. The van der Waals surface area contributed by atoms with Gasteiger partial charge in [0.25, 0.3) is 5.91 Å². The van der Waals surface area contributed by atoms with Gasteiger partial charge >= 0.3 is 0 Å². The smallest absolute Gasteiger partial charge is 0.271 e. The van der Waals surface area contributed by atoms with Crippen LogP contribution in [0, 0.1) is 6.92 Å². The van der Waals surface area contributed by atoms with Gasteiger partial charge in [0, 0.05) is 26.0 Å². The number of ether oxygens (including phenoxy) is 1. The van der Waals surface area contributed by atoms with E-state index in [4.69, 9.17) is 4.74 Å². The highest BCUT2D eigenvalue weighted by Gasteiger charge is 2.10. The zero-order chi connectivity index (χ0) is 12.3. The molecular weight excluding hydrogens is 218 g/mol. The van der Waals surface area contributed by atoms with E-state index in [1.165, 1.54) is 0 Å². The van der Waals surface area contributed by atoms with Crippen molar-refractivity contribution in [3.8, 4) is 0 Å². The second-order valence-electron chi connectivity index (χ2n) is 3.80. The Labute approximate surface area is 99.4 Å². The second-order valence-corrected chi connectivity index (χ2v) is 3.80. The first-order valence-corrected chi connectivity index (χ1v) is 5.44. The lowest BCUT2D eigenvalue weighted by molar-refractivity contribution is 0.0932. The molecule has 2 heterocycles. The molecule has 0 unspecified atom stereocenters. The number of amides is 1. The minimum Gasteiger partial charge on any atom is -0.383 e. The summed E-state index contributed by atoms with van der Waals surface area (Å²) < 4.78 is 6.71. The first-order valence-electron chi connectivity index (χ1n) is 5.44.